The van der Waals surface area contributed by atoms with Gasteiger partial charge in [-0.25, -0.2) is 9.59 Å². The first-order chi connectivity index (χ1) is 16.4. The highest BCUT2D eigenvalue weighted by Crippen LogP contribution is 2.44. The summed E-state index contributed by atoms with van der Waals surface area (Å²) in [6.07, 6.45) is -1.16. The first-order valence-electron chi connectivity index (χ1n) is 11.8. The van der Waals surface area contributed by atoms with Crippen LogP contribution in [0.3, 0.4) is 0 Å². The van der Waals surface area contributed by atoms with Gasteiger partial charge in [-0.05, 0) is 28.2 Å². The van der Waals surface area contributed by atoms with E-state index in [1.807, 2.05) is 50.2 Å². The van der Waals surface area contributed by atoms with Crippen LogP contribution in [0.5, 0.6) is 0 Å². The lowest BCUT2D eigenvalue weighted by molar-refractivity contribution is -0.127. The predicted molar refractivity (Wildman–Crippen MR) is 128 cm³/mol. The van der Waals surface area contributed by atoms with E-state index in [4.69, 9.17) is 4.74 Å². The van der Waals surface area contributed by atoms with Gasteiger partial charge >= 0.3 is 12.2 Å². The van der Waals surface area contributed by atoms with E-state index in [2.05, 4.69) is 22.8 Å². The largest absolute Gasteiger partial charge is 0.465 e. The van der Waals surface area contributed by atoms with Crippen molar-refractivity contribution < 1.29 is 24.2 Å². The van der Waals surface area contributed by atoms with Gasteiger partial charge in [-0.1, -0.05) is 68.8 Å². The van der Waals surface area contributed by atoms with E-state index >= 15 is 0 Å². The number of carbonyl (C=O) groups is 3. The van der Waals surface area contributed by atoms with Crippen LogP contribution in [-0.4, -0.2) is 66.3 Å². The van der Waals surface area contributed by atoms with Crippen molar-refractivity contribution in [2.75, 3.05) is 26.2 Å². The Morgan fingerprint density at radius 3 is 2.32 bits per heavy atom. The maximum atomic E-state index is 13.3. The number of amides is 2. The van der Waals surface area contributed by atoms with Gasteiger partial charge < -0.3 is 20.5 Å². The molecule has 0 radical (unpaired) electrons. The lowest BCUT2D eigenvalue weighted by atomic mass is 9.90. The average Bonchev–Trinajstić information content (AvgIpc) is 3.18. The molecule has 1 fully saturated rings. The van der Waals surface area contributed by atoms with E-state index < -0.39 is 24.3 Å². The van der Waals surface area contributed by atoms with Crippen molar-refractivity contribution in [3.63, 3.8) is 0 Å². The number of rotatable bonds is 7. The third-order valence-electron chi connectivity index (χ3n) is 6.95. The lowest BCUT2D eigenvalue weighted by Gasteiger charge is -2.36. The molecular weight excluding hydrogens is 434 g/mol. The number of nitrogens with one attached hydrogen (secondary N) is 2. The van der Waals surface area contributed by atoms with Crippen molar-refractivity contribution in [2.24, 2.45) is 5.92 Å². The molecule has 4 rings (SSSR count). The van der Waals surface area contributed by atoms with Crippen LogP contribution in [0.15, 0.2) is 48.5 Å². The molecule has 3 atom stereocenters. The second kappa shape index (κ2) is 10.3. The first-order valence-corrected chi connectivity index (χ1v) is 11.8. The molecule has 8 heteroatoms. The average molecular weight is 466 g/mol. The van der Waals surface area contributed by atoms with Gasteiger partial charge in [0.25, 0.3) is 0 Å². The van der Waals surface area contributed by atoms with Crippen molar-refractivity contribution in [3.8, 4) is 11.1 Å². The van der Waals surface area contributed by atoms with E-state index in [9.17, 15) is 19.5 Å². The molecule has 0 saturated carbocycles. The molecule has 2 aromatic carbocycles. The Kier molecular flexibility index (Phi) is 7.17. The zero-order valence-corrected chi connectivity index (χ0v) is 19.5. The monoisotopic (exact) mass is 465 g/mol. The zero-order chi connectivity index (χ0) is 24.2. The Balaban J connectivity index is 1.46. The normalized spacial score (nSPS) is 19.0. The number of carbonyl (C=O) groups excluding carboxylic acids is 2. The predicted octanol–water partition coefficient (Wildman–Crippen LogP) is 3.46. The molecule has 0 bridgehead atoms. The number of carboxylic acid groups (broad SMARTS) is 1. The third kappa shape index (κ3) is 4.63. The third-order valence-corrected chi connectivity index (χ3v) is 6.95. The maximum Gasteiger partial charge on any atom is 0.408 e. The molecule has 0 aromatic heterocycles. The van der Waals surface area contributed by atoms with Crippen LogP contribution in [0.2, 0.25) is 0 Å². The Hall–Kier alpha value is -3.39. The van der Waals surface area contributed by atoms with Gasteiger partial charge in [-0.3, -0.25) is 9.69 Å². The molecule has 1 unspecified atom stereocenters. The number of nitrogens with zero attached hydrogens (tertiary/aromatic N) is 1. The molecule has 180 valence electrons. The zero-order valence-electron chi connectivity index (χ0n) is 19.5. The van der Waals surface area contributed by atoms with Crippen molar-refractivity contribution in [3.05, 3.63) is 59.7 Å². The minimum atomic E-state index is -1.14. The molecule has 2 aliphatic rings. The van der Waals surface area contributed by atoms with Crippen molar-refractivity contribution in [1.29, 1.82) is 0 Å². The molecule has 1 saturated heterocycles. The fourth-order valence-corrected chi connectivity index (χ4v) is 4.89. The summed E-state index contributed by atoms with van der Waals surface area (Å²) in [7, 11) is 0. The summed E-state index contributed by atoms with van der Waals surface area (Å²) in [5, 5.41) is 15.3. The molecule has 1 aliphatic heterocycles. The fourth-order valence-electron chi connectivity index (χ4n) is 4.89. The second-order valence-electron chi connectivity index (χ2n) is 8.93. The highest BCUT2D eigenvalue weighted by Gasteiger charge is 2.38. The number of Topliss-reactive ketones (excluding diaryl/α,β-unsaturated/α-hetero) is 1. The van der Waals surface area contributed by atoms with E-state index in [1.54, 1.807) is 0 Å². The lowest BCUT2D eigenvalue weighted by Crippen LogP contribution is -2.61. The SMILES string of the molecule is CC[C@H](C)[C@H](NC(=O)OCC1c2ccccc2-c2ccccc21)C(=O)C1CNCCN1C(=O)O. The molecule has 3 N–H and O–H groups in total. The number of fused-ring (bicyclic) bond motifs is 3. The van der Waals surface area contributed by atoms with Crippen LogP contribution < -0.4 is 10.6 Å². The number of hydrogen-bond acceptors (Lipinski definition) is 5. The Labute approximate surface area is 199 Å². The summed E-state index contributed by atoms with van der Waals surface area (Å²) in [4.78, 5) is 38.9. The molecule has 1 heterocycles. The van der Waals surface area contributed by atoms with Gasteiger partial charge in [-0.2, -0.15) is 0 Å². The smallest absolute Gasteiger partial charge is 0.408 e. The summed E-state index contributed by atoms with van der Waals surface area (Å²) >= 11 is 0. The quantitative estimate of drug-likeness (QED) is 0.578. The van der Waals surface area contributed by atoms with E-state index in [0.717, 1.165) is 27.2 Å². The summed E-state index contributed by atoms with van der Waals surface area (Å²) in [6.45, 7) is 4.89. The van der Waals surface area contributed by atoms with Crippen LogP contribution in [-0.2, 0) is 9.53 Å². The molecule has 1 aliphatic carbocycles. The maximum absolute atomic E-state index is 13.3. The van der Waals surface area contributed by atoms with E-state index in [1.165, 1.54) is 0 Å². The van der Waals surface area contributed by atoms with Crippen molar-refractivity contribution >= 4 is 18.0 Å². The number of hydrogen-bond donors (Lipinski definition) is 3. The van der Waals surface area contributed by atoms with Crippen LogP contribution in [0.25, 0.3) is 11.1 Å². The summed E-state index contributed by atoms with van der Waals surface area (Å²) in [6, 6.07) is 14.5. The Bertz CT molecular complexity index is 1030. The summed E-state index contributed by atoms with van der Waals surface area (Å²) in [5.74, 6) is -0.580. The minimum Gasteiger partial charge on any atom is -0.465 e. The minimum absolute atomic E-state index is 0.0825. The van der Waals surface area contributed by atoms with Crippen LogP contribution in [0.4, 0.5) is 9.59 Å². The molecule has 2 aromatic rings. The van der Waals surface area contributed by atoms with E-state index in [0.29, 0.717) is 13.0 Å². The second-order valence-corrected chi connectivity index (χ2v) is 8.93. The molecule has 34 heavy (non-hydrogen) atoms. The Morgan fingerprint density at radius 2 is 1.74 bits per heavy atom. The highest BCUT2D eigenvalue weighted by atomic mass is 16.5. The van der Waals surface area contributed by atoms with E-state index in [-0.39, 0.29) is 37.3 Å². The topological polar surface area (TPSA) is 108 Å². The number of benzene rings is 2. The van der Waals surface area contributed by atoms with Gasteiger partial charge in [0.1, 0.15) is 12.6 Å². The summed E-state index contributed by atoms with van der Waals surface area (Å²) in [5.41, 5.74) is 4.49. The van der Waals surface area contributed by atoms with Gasteiger partial charge in [-0.15, -0.1) is 0 Å². The van der Waals surface area contributed by atoms with Gasteiger partial charge in [0.05, 0.1) is 6.04 Å². The van der Waals surface area contributed by atoms with Gasteiger partial charge in [0.2, 0.25) is 0 Å². The van der Waals surface area contributed by atoms with Crippen LogP contribution in [0.1, 0.15) is 37.3 Å². The van der Waals surface area contributed by atoms with Crippen molar-refractivity contribution in [2.45, 2.75) is 38.3 Å². The van der Waals surface area contributed by atoms with Gasteiger partial charge in [0.15, 0.2) is 5.78 Å². The highest BCUT2D eigenvalue weighted by molar-refractivity contribution is 5.94. The first kappa shape index (κ1) is 23.8. The molecular formula is C26H31N3O5. The number of piperazine rings is 1. The standard InChI is InChI=1S/C26H31N3O5/c1-3-16(2)23(24(30)22-14-27-12-13-29(22)26(32)33)28-25(31)34-15-21-19-10-6-4-8-17(19)18-9-5-7-11-20(18)21/h4-11,16,21-23,27H,3,12-15H2,1-2H3,(H,28,31)(H,32,33)/t16-,22?,23-/m0/s1. The molecule has 2 amide bonds. The number of ketones is 1. The Morgan fingerprint density at radius 1 is 1.12 bits per heavy atom. The number of alkyl carbamates (subject to hydrolysis) is 1. The molecule has 8 nitrogen and oxygen atoms in total. The van der Waals surface area contributed by atoms with Gasteiger partial charge in [0, 0.05) is 25.6 Å². The summed E-state index contributed by atoms with van der Waals surface area (Å²) < 4.78 is 5.63. The van der Waals surface area contributed by atoms with Crippen LogP contribution >= 0.6 is 0 Å². The number of ether oxygens (including phenoxy) is 1. The van der Waals surface area contributed by atoms with Crippen LogP contribution in [0, 0.1) is 5.92 Å². The van der Waals surface area contributed by atoms with Crippen molar-refractivity contribution in [1.82, 2.24) is 15.5 Å². The molecule has 0 spiro atoms. The fraction of sp³-hybridized carbons (Fsp3) is 0.423.